The van der Waals surface area contributed by atoms with Crippen LogP contribution in [0.3, 0.4) is 0 Å². The van der Waals surface area contributed by atoms with Crippen molar-refractivity contribution in [2.75, 3.05) is 16.2 Å². The number of nitrogens with one attached hydrogen (secondary N) is 1. The number of tetrazole rings is 1. The van der Waals surface area contributed by atoms with Gasteiger partial charge in [0.05, 0.1) is 16.3 Å². The molecule has 10 heteroatoms. The van der Waals surface area contributed by atoms with Crippen LogP contribution in [-0.4, -0.2) is 41.1 Å². The Morgan fingerprint density at radius 2 is 1.76 bits per heavy atom. The van der Waals surface area contributed by atoms with Crippen molar-refractivity contribution in [3.8, 4) is 5.69 Å². The molecule has 0 atom stereocenters. The van der Waals surface area contributed by atoms with Crippen LogP contribution in [0.25, 0.3) is 5.69 Å². The largest absolute Gasteiger partial charge is 0.322 e. The zero-order valence-corrected chi connectivity index (χ0v) is 18.9. The van der Waals surface area contributed by atoms with Crippen molar-refractivity contribution in [1.82, 2.24) is 20.2 Å². The molecule has 4 rings (SSSR count). The minimum Gasteiger partial charge on any atom is -0.322 e. The third-order valence-corrected chi connectivity index (χ3v) is 7.00. The predicted octanol–water partition coefficient (Wildman–Crippen LogP) is 3.44. The number of aryl methyl sites for hydroxylation is 1. The van der Waals surface area contributed by atoms with Gasteiger partial charge in [-0.3, -0.25) is 9.10 Å². The number of hydrogen-bond acceptors (Lipinski definition) is 6. The molecule has 0 radical (unpaired) electrons. The van der Waals surface area contributed by atoms with Gasteiger partial charge >= 0.3 is 0 Å². The number of aromatic nitrogens is 4. The SMILES string of the molecule is CCN(c1ccccc1)S(=O)(=O)c1ccc(C(=O)Nc2ccc(-n3cnnn3)c(C)c2)cc1. The number of anilines is 2. The van der Waals surface area contributed by atoms with Crippen LogP contribution in [0.2, 0.25) is 0 Å². The second-order valence-electron chi connectivity index (χ2n) is 7.24. The maximum Gasteiger partial charge on any atom is 0.264 e. The zero-order valence-electron chi connectivity index (χ0n) is 18.1. The molecule has 4 aromatic rings. The van der Waals surface area contributed by atoms with E-state index >= 15 is 0 Å². The Bertz CT molecular complexity index is 1360. The summed E-state index contributed by atoms with van der Waals surface area (Å²) >= 11 is 0. The van der Waals surface area contributed by atoms with Gasteiger partial charge in [0.25, 0.3) is 15.9 Å². The van der Waals surface area contributed by atoms with Gasteiger partial charge in [-0.1, -0.05) is 18.2 Å². The summed E-state index contributed by atoms with van der Waals surface area (Å²) in [5.74, 6) is -0.344. The third kappa shape index (κ3) is 4.60. The van der Waals surface area contributed by atoms with E-state index in [1.165, 1.54) is 39.6 Å². The lowest BCUT2D eigenvalue weighted by atomic mass is 10.1. The summed E-state index contributed by atoms with van der Waals surface area (Å²) in [6, 6.07) is 20.2. The monoisotopic (exact) mass is 462 g/mol. The van der Waals surface area contributed by atoms with Crippen LogP contribution in [0.15, 0.2) is 84.0 Å². The fourth-order valence-corrected chi connectivity index (χ4v) is 4.93. The van der Waals surface area contributed by atoms with Crippen LogP contribution >= 0.6 is 0 Å². The highest BCUT2D eigenvalue weighted by Crippen LogP contribution is 2.24. The van der Waals surface area contributed by atoms with Crippen LogP contribution < -0.4 is 9.62 Å². The third-order valence-electron chi connectivity index (χ3n) is 5.09. The lowest BCUT2D eigenvalue weighted by molar-refractivity contribution is 0.102. The zero-order chi connectivity index (χ0) is 23.4. The van der Waals surface area contributed by atoms with Gasteiger partial charge in [-0.15, -0.1) is 5.10 Å². The standard InChI is InChI=1S/C23H22N6O3S/c1-3-29(20-7-5-4-6-8-20)33(31,32)21-12-9-18(10-13-21)23(30)25-19-11-14-22(17(2)15-19)28-16-24-26-27-28/h4-16H,3H2,1-2H3,(H,25,30). The van der Waals surface area contributed by atoms with Crippen molar-refractivity contribution in [2.24, 2.45) is 0 Å². The van der Waals surface area contributed by atoms with Crippen LogP contribution in [0.5, 0.6) is 0 Å². The number of nitrogens with zero attached hydrogens (tertiary/aromatic N) is 5. The van der Waals surface area contributed by atoms with Crippen molar-refractivity contribution in [3.05, 3.63) is 90.3 Å². The average molecular weight is 463 g/mol. The number of rotatable bonds is 7. The van der Waals surface area contributed by atoms with Crippen molar-refractivity contribution >= 4 is 27.3 Å². The van der Waals surface area contributed by atoms with Gasteiger partial charge in [-0.05, 0) is 84.4 Å². The van der Waals surface area contributed by atoms with E-state index in [9.17, 15) is 13.2 Å². The number of amides is 1. The van der Waals surface area contributed by atoms with Gasteiger partial charge in [0, 0.05) is 17.8 Å². The molecule has 3 aromatic carbocycles. The number of sulfonamides is 1. The summed E-state index contributed by atoms with van der Waals surface area (Å²) < 4.78 is 29.1. The van der Waals surface area contributed by atoms with E-state index in [-0.39, 0.29) is 17.3 Å². The molecule has 0 fully saturated rings. The van der Waals surface area contributed by atoms with E-state index in [1.54, 1.807) is 43.3 Å². The van der Waals surface area contributed by atoms with Crippen LogP contribution in [-0.2, 0) is 10.0 Å². The van der Waals surface area contributed by atoms with E-state index in [2.05, 4.69) is 20.8 Å². The summed E-state index contributed by atoms with van der Waals surface area (Å²) in [6.45, 7) is 3.95. The van der Waals surface area contributed by atoms with E-state index in [0.717, 1.165) is 11.3 Å². The molecule has 1 amide bonds. The molecule has 0 spiro atoms. The molecule has 0 aliphatic rings. The molecule has 0 unspecified atom stereocenters. The fourth-order valence-electron chi connectivity index (χ4n) is 3.46. The van der Waals surface area contributed by atoms with Gasteiger partial charge in [-0.25, -0.2) is 13.1 Å². The molecule has 33 heavy (non-hydrogen) atoms. The smallest absolute Gasteiger partial charge is 0.264 e. The van der Waals surface area contributed by atoms with E-state index in [0.29, 0.717) is 16.9 Å². The average Bonchev–Trinajstić information content (AvgIpc) is 3.35. The minimum absolute atomic E-state index is 0.117. The quantitative estimate of drug-likeness (QED) is 0.451. The number of carbonyl (C=O) groups excluding carboxylic acids is 1. The molecular weight excluding hydrogens is 440 g/mol. The molecule has 0 aliphatic heterocycles. The normalized spacial score (nSPS) is 11.2. The van der Waals surface area contributed by atoms with Crippen LogP contribution in [0.1, 0.15) is 22.8 Å². The van der Waals surface area contributed by atoms with Crippen LogP contribution in [0.4, 0.5) is 11.4 Å². The summed E-state index contributed by atoms with van der Waals surface area (Å²) in [5.41, 5.74) is 3.21. The van der Waals surface area contributed by atoms with Gasteiger partial charge in [0.1, 0.15) is 6.33 Å². The first-order valence-electron chi connectivity index (χ1n) is 10.2. The first-order valence-corrected chi connectivity index (χ1v) is 11.7. The molecule has 1 N–H and O–H groups in total. The Morgan fingerprint density at radius 1 is 1.03 bits per heavy atom. The Morgan fingerprint density at radius 3 is 2.36 bits per heavy atom. The first kappa shape index (κ1) is 22.2. The van der Waals surface area contributed by atoms with Gasteiger partial charge in [0.2, 0.25) is 0 Å². The minimum atomic E-state index is -3.75. The molecule has 0 aliphatic carbocycles. The molecule has 9 nitrogen and oxygen atoms in total. The second kappa shape index (κ2) is 9.21. The molecular formula is C23H22N6O3S. The van der Waals surface area contributed by atoms with Gasteiger partial charge < -0.3 is 5.32 Å². The molecule has 1 heterocycles. The summed E-state index contributed by atoms with van der Waals surface area (Å²) in [6.07, 6.45) is 1.49. The Hall–Kier alpha value is -4.05. The number of carbonyl (C=O) groups is 1. The highest BCUT2D eigenvalue weighted by molar-refractivity contribution is 7.92. The van der Waals surface area contributed by atoms with Crippen molar-refractivity contribution in [2.45, 2.75) is 18.7 Å². The molecule has 0 saturated carbocycles. The molecule has 0 saturated heterocycles. The Balaban J connectivity index is 1.51. The number of hydrogen-bond donors (Lipinski definition) is 1. The van der Waals surface area contributed by atoms with E-state index in [1.807, 2.05) is 19.1 Å². The molecule has 1 aromatic heterocycles. The van der Waals surface area contributed by atoms with Crippen molar-refractivity contribution in [3.63, 3.8) is 0 Å². The maximum absolute atomic E-state index is 13.1. The van der Waals surface area contributed by atoms with Crippen molar-refractivity contribution in [1.29, 1.82) is 0 Å². The van der Waals surface area contributed by atoms with Crippen LogP contribution in [0, 0.1) is 6.92 Å². The Kier molecular flexibility index (Phi) is 6.18. The molecule has 168 valence electrons. The number of benzene rings is 3. The van der Waals surface area contributed by atoms with Gasteiger partial charge in [0.15, 0.2) is 0 Å². The summed E-state index contributed by atoms with van der Waals surface area (Å²) in [7, 11) is -3.75. The predicted molar refractivity (Wildman–Crippen MR) is 125 cm³/mol. The highest BCUT2D eigenvalue weighted by atomic mass is 32.2. The van der Waals surface area contributed by atoms with E-state index in [4.69, 9.17) is 0 Å². The van der Waals surface area contributed by atoms with Gasteiger partial charge in [-0.2, -0.15) is 0 Å². The molecule has 0 bridgehead atoms. The van der Waals surface area contributed by atoms with Crippen molar-refractivity contribution < 1.29 is 13.2 Å². The highest BCUT2D eigenvalue weighted by Gasteiger charge is 2.23. The number of para-hydroxylation sites is 1. The first-order chi connectivity index (χ1) is 15.9. The summed E-state index contributed by atoms with van der Waals surface area (Å²) in [5, 5.41) is 13.9. The summed E-state index contributed by atoms with van der Waals surface area (Å²) in [4.78, 5) is 12.8. The lowest BCUT2D eigenvalue weighted by Gasteiger charge is -2.23. The van der Waals surface area contributed by atoms with E-state index < -0.39 is 10.0 Å². The topological polar surface area (TPSA) is 110 Å². The second-order valence-corrected chi connectivity index (χ2v) is 9.10. The maximum atomic E-state index is 13.1. The Labute approximate surface area is 191 Å². The lowest BCUT2D eigenvalue weighted by Crippen LogP contribution is -2.30. The fraction of sp³-hybridized carbons (Fsp3) is 0.130.